The van der Waals surface area contributed by atoms with Crippen LogP contribution >= 0.6 is 35.6 Å². The van der Waals surface area contributed by atoms with Crippen molar-refractivity contribution in [3.8, 4) is 0 Å². The van der Waals surface area contributed by atoms with Gasteiger partial charge in [-0.05, 0) is 30.7 Å². The van der Waals surface area contributed by atoms with E-state index in [9.17, 15) is 14.4 Å². The van der Waals surface area contributed by atoms with E-state index >= 15 is 0 Å². The molecule has 0 radical (unpaired) electrons. The molecule has 1 fully saturated rings. The molecular weight excluding hydrogens is 384 g/mol. The summed E-state index contributed by atoms with van der Waals surface area (Å²) in [7, 11) is 0. The van der Waals surface area contributed by atoms with Crippen LogP contribution < -0.4 is 5.32 Å². The quantitative estimate of drug-likeness (QED) is 0.565. The number of amides is 2. The Balaban J connectivity index is 1.98. The summed E-state index contributed by atoms with van der Waals surface area (Å²) in [5.41, 5.74) is 0.818. The van der Waals surface area contributed by atoms with Crippen molar-refractivity contribution in [2.75, 3.05) is 6.54 Å². The molecule has 1 saturated heterocycles. The van der Waals surface area contributed by atoms with E-state index in [0.29, 0.717) is 14.2 Å². The molecule has 0 bridgehead atoms. The predicted molar refractivity (Wildman–Crippen MR) is 101 cm³/mol. The van der Waals surface area contributed by atoms with Crippen molar-refractivity contribution in [3.05, 3.63) is 39.8 Å². The minimum Gasteiger partial charge on any atom is -0.480 e. The highest BCUT2D eigenvalue weighted by molar-refractivity contribution is 8.26. The minimum atomic E-state index is -1.12. The van der Waals surface area contributed by atoms with Crippen LogP contribution in [0.2, 0.25) is 5.02 Å². The molecule has 1 heterocycles. The van der Waals surface area contributed by atoms with Gasteiger partial charge in [0.1, 0.15) is 10.4 Å². The summed E-state index contributed by atoms with van der Waals surface area (Å²) >= 11 is 12.2. The summed E-state index contributed by atoms with van der Waals surface area (Å²) in [6.45, 7) is 1.47. The average Bonchev–Trinajstić information content (AvgIpc) is 2.81. The summed E-state index contributed by atoms with van der Waals surface area (Å²) in [6.07, 6.45) is 1.68. The number of aliphatic carboxylic acids is 1. The molecule has 132 valence electrons. The number of carbonyl (C=O) groups excluding carboxylic acids is 2. The van der Waals surface area contributed by atoms with E-state index in [-0.39, 0.29) is 18.9 Å². The van der Waals surface area contributed by atoms with Gasteiger partial charge in [0.2, 0.25) is 5.91 Å². The van der Waals surface area contributed by atoms with Crippen LogP contribution in [-0.4, -0.2) is 44.7 Å². The Morgan fingerprint density at radius 2 is 2.04 bits per heavy atom. The van der Waals surface area contributed by atoms with E-state index in [1.54, 1.807) is 30.3 Å². The molecule has 1 atom stereocenters. The van der Waals surface area contributed by atoms with Gasteiger partial charge in [-0.1, -0.05) is 47.7 Å². The van der Waals surface area contributed by atoms with Crippen LogP contribution in [0.25, 0.3) is 6.08 Å². The van der Waals surface area contributed by atoms with Gasteiger partial charge in [-0.3, -0.25) is 19.3 Å². The fourth-order valence-electron chi connectivity index (χ4n) is 1.99. The topological polar surface area (TPSA) is 86.7 Å². The van der Waals surface area contributed by atoms with Crippen molar-refractivity contribution >= 4 is 63.8 Å². The van der Waals surface area contributed by atoms with Crippen LogP contribution in [0.15, 0.2) is 29.2 Å². The molecule has 1 aromatic carbocycles. The molecule has 1 aliphatic heterocycles. The Bertz CT molecular complexity index is 749. The summed E-state index contributed by atoms with van der Waals surface area (Å²) in [5.74, 6) is -1.85. The average molecular weight is 399 g/mol. The van der Waals surface area contributed by atoms with Crippen LogP contribution in [0.3, 0.4) is 0 Å². The highest BCUT2D eigenvalue weighted by atomic mass is 35.5. The van der Waals surface area contributed by atoms with Crippen molar-refractivity contribution in [2.45, 2.75) is 19.4 Å². The second-order valence-corrected chi connectivity index (χ2v) is 7.37. The fraction of sp³-hybridized carbons (Fsp3) is 0.250. The monoisotopic (exact) mass is 398 g/mol. The van der Waals surface area contributed by atoms with Gasteiger partial charge in [0.25, 0.3) is 5.91 Å². The lowest BCUT2D eigenvalue weighted by Crippen LogP contribution is -2.40. The molecule has 0 aliphatic carbocycles. The highest BCUT2D eigenvalue weighted by Gasteiger charge is 2.32. The second-order valence-electron chi connectivity index (χ2n) is 5.26. The fourth-order valence-corrected chi connectivity index (χ4v) is 3.43. The first kappa shape index (κ1) is 19.4. The van der Waals surface area contributed by atoms with Gasteiger partial charge in [-0.15, -0.1) is 0 Å². The summed E-state index contributed by atoms with van der Waals surface area (Å²) in [5, 5.41) is 11.7. The maximum Gasteiger partial charge on any atom is 0.325 e. The van der Waals surface area contributed by atoms with E-state index in [1.807, 2.05) is 0 Å². The van der Waals surface area contributed by atoms with Crippen LogP contribution in [0.1, 0.15) is 18.9 Å². The number of carboxylic acid groups (broad SMARTS) is 1. The number of carbonyl (C=O) groups is 3. The number of hydrogen-bond donors (Lipinski definition) is 2. The number of nitrogens with one attached hydrogen (secondary N) is 1. The van der Waals surface area contributed by atoms with Crippen LogP contribution in [0.4, 0.5) is 0 Å². The third kappa shape index (κ3) is 5.29. The van der Waals surface area contributed by atoms with E-state index < -0.39 is 17.9 Å². The largest absolute Gasteiger partial charge is 0.480 e. The van der Waals surface area contributed by atoms with Gasteiger partial charge < -0.3 is 10.4 Å². The normalized spacial score (nSPS) is 17.0. The molecule has 1 unspecified atom stereocenters. The molecule has 0 aromatic heterocycles. The Labute approximate surface area is 159 Å². The molecule has 2 amide bonds. The lowest BCUT2D eigenvalue weighted by atomic mass is 10.2. The summed E-state index contributed by atoms with van der Waals surface area (Å²) in [6, 6.07) is 6.04. The molecular formula is C16H15ClN2O4S2. The van der Waals surface area contributed by atoms with Gasteiger partial charge in [-0.25, -0.2) is 0 Å². The van der Waals surface area contributed by atoms with Gasteiger partial charge in [0.15, 0.2) is 0 Å². The summed E-state index contributed by atoms with van der Waals surface area (Å²) < 4.78 is 0.365. The zero-order valence-electron chi connectivity index (χ0n) is 13.2. The zero-order valence-corrected chi connectivity index (χ0v) is 15.6. The second kappa shape index (κ2) is 8.46. The molecule has 6 nitrogen and oxygen atoms in total. The van der Waals surface area contributed by atoms with Crippen molar-refractivity contribution in [2.24, 2.45) is 0 Å². The Morgan fingerprint density at radius 3 is 2.64 bits per heavy atom. The zero-order chi connectivity index (χ0) is 18.6. The smallest absolute Gasteiger partial charge is 0.325 e. The Kier molecular flexibility index (Phi) is 6.57. The van der Waals surface area contributed by atoms with E-state index in [0.717, 1.165) is 17.3 Å². The molecule has 0 saturated carbocycles. The lowest BCUT2D eigenvalue weighted by molar-refractivity contribution is -0.141. The molecule has 0 spiro atoms. The molecule has 1 aromatic rings. The van der Waals surface area contributed by atoms with E-state index in [4.69, 9.17) is 28.9 Å². The van der Waals surface area contributed by atoms with Gasteiger partial charge in [0, 0.05) is 18.0 Å². The molecule has 25 heavy (non-hydrogen) atoms. The Morgan fingerprint density at radius 1 is 1.40 bits per heavy atom. The SMILES string of the molecule is CC(NC(=O)CCN1C(=O)/C(=C/c2ccc(Cl)cc2)SC1=S)C(=O)O. The van der Waals surface area contributed by atoms with Gasteiger partial charge in [-0.2, -0.15) is 0 Å². The predicted octanol–water partition coefficient (Wildman–Crippen LogP) is 2.52. The van der Waals surface area contributed by atoms with Gasteiger partial charge in [0.05, 0.1) is 4.91 Å². The standard InChI is InChI=1S/C16H15ClN2O4S2/c1-9(15(22)23)18-13(20)6-7-19-14(21)12(25-16(19)24)8-10-2-4-11(17)5-3-10/h2-5,8-9H,6-7H2,1H3,(H,18,20)(H,22,23)/b12-8-. The number of halogens is 1. The third-order valence-electron chi connectivity index (χ3n) is 3.35. The number of thioether (sulfide) groups is 1. The van der Waals surface area contributed by atoms with Crippen LogP contribution in [0.5, 0.6) is 0 Å². The number of nitrogens with zero attached hydrogens (tertiary/aromatic N) is 1. The van der Waals surface area contributed by atoms with E-state index in [1.165, 1.54) is 11.8 Å². The van der Waals surface area contributed by atoms with Crippen molar-refractivity contribution in [1.29, 1.82) is 0 Å². The first-order chi connectivity index (χ1) is 11.8. The molecule has 2 N–H and O–H groups in total. The van der Waals surface area contributed by atoms with Gasteiger partial charge >= 0.3 is 5.97 Å². The third-order valence-corrected chi connectivity index (χ3v) is 4.98. The number of benzene rings is 1. The minimum absolute atomic E-state index is 0.0295. The van der Waals surface area contributed by atoms with Crippen molar-refractivity contribution in [3.63, 3.8) is 0 Å². The van der Waals surface area contributed by atoms with Crippen LogP contribution in [0, 0.1) is 0 Å². The Hall–Kier alpha value is -1.90. The lowest BCUT2D eigenvalue weighted by Gasteiger charge is -2.15. The van der Waals surface area contributed by atoms with Crippen molar-refractivity contribution < 1.29 is 19.5 Å². The number of thiocarbonyl (C=S) groups is 1. The summed E-state index contributed by atoms with van der Waals surface area (Å²) in [4.78, 5) is 36.7. The molecule has 2 rings (SSSR count). The maximum atomic E-state index is 12.4. The van der Waals surface area contributed by atoms with Crippen molar-refractivity contribution in [1.82, 2.24) is 10.2 Å². The highest BCUT2D eigenvalue weighted by Crippen LogP contribution is 2.32. The number of hydrogen-bond acceptors (Lipinski definition) is 5. The number of carboxylic acids is 1. The first-order valence-corrected chi connectivity index (χ1v) is 8.91. The molecule has 9 heteroatoms. The maximum absolute atomic E-state index is 12.4. The van der Waals surface area contributed by atoms with E-state index in [2.05, 4.69) is 5.32 Å². The van der Waals surface area contributed by atoms with Crippen LogP contribution in [-0.2, 0) is 14.4 Å². The first-order valence-electron chi connectivity index (χ1n) is 7.31. The number of rotatable bonds is 6. The molecule has 1 aliphatic rings.